The fourth-order valence-corrected chi connectivity index (χ4v) is 1.62. The Kier molecular flexibility index (Phi) is 3.52. The van der Waals surface area contributed by atoms with E-state index in [4.69, 9.17) is 0 Å². The lowest BCUT2D eigenvalue weighted by Gasteiger charge is -1.81. The smallest absolute Gasteiger partial charge is 0.160 e. The molecule has 2 aromatic rings. The van der Waals surface area contributed by atoms with E-state index in [-0.39, 0.29) is 0 Å². The van der Waals surface area contributed by atoms with Crippen LogP contribution < -0.4 is 0 Å². The Labute approximate surface area is 80.5 Å². The summed E-state index contributed by atoms with van der Waals surface area (Å²) in [6, 6.07) is 1.74. The highest BCUT2D eigenvalue weighted by Gasteiger charge is 2.00. The van der Waals surface area contributed by atoms with Gasteiger partial charge >= 0.3 is 0 Å². The zero-order chi connectivity index (χ0) is 9.68. The highest BCUT2D eigenvalue weighted by atomic mass is 32.1. The summed E-state index contributed by atoms with van der Waals surface area (Å²) in [6.45, 7) is 4.00. The van der Waals surface area contributed by atoms with Gasteiger partial charge in [0.1, 0.15) is 10.3 Å². The molecule has 0 N–H and O–H groups in total. The van der Waals surface area contributed by atoms with Gasteiger partial charge in [-0.3, -0.25) is 9.78 Å². The third kappa shape index (κ3) is 2.09. The zero-order valence-electron chi connectivity index (χ0n) is 7.52. The monoisotopic (exact) mass is 194 g/mol. The van der Waals surface area contributed by atoms with E-state index in [1.165, 1.54) is 11.3 Å². The van der Waals surface area contributed by atoms with Crippen LogP contribution in [0.25, 0.3) is 10.3 Å². The first-order valence-corrected chi connectivity index (χ1v) is 4.87. The molecule has 2 rings (SSSR count). The van der Waals surface area contributed by atoms with Crippen molar-refractivity contribution in [1.82, 2.24) is 9.97 Å². The first-order chi connectivity index (χ1) is 6.40. The van der Waals surface area contributed by atoms with Gasteiger partial charge in [0.05, 0.1) is 4.88 Å². The molecule has 0 fully saturated rings. The van der Waals surface area contributed by atoms with Crippen LogP contribution in [0.5, 0.6) is 0 Å². The first kappa shape index (κ1) is 9.80. The van der Waals surface area contributed by atoms with Crippen LogP contribution >= 0.6 is 11.3 Å². The van der Waals surface area contributed by atoms with Crippen LogP contribution in [0.4, 0.5) is 0 Å². The van der Waals surface area contributed by atoms with E-state index >= 15 is 0 Å². The molecule has 0 aliphatic carbocycles. The maximum atomic E-state index is 10.3. The number of fused-ring (bicyclic) bond motifs is 1. The van der Waals surface area contributed by atoms with Crippen molar-refractivity contribution < 1.29 is 4.79 Å². The number of hydrogen-bond acceptors (Lipinski definition) is 4. The quantitative estimate of drug-likeness (QED) is 0.655. The molecule has 0 aliphatic rings. The standard InChI is InChI=1S/C7H4N2OS.C2H6/c10-4-5-3-6-7(11-5)9-2-1-8-6;1-2/h1-4H;1-2H3. The predicted octanol–water partition coefficient (Wildman–Crippen LogP) is 2.53. The van der Waals surface area contributed by atoms with Gasteiger partial charge in [-0.15, -0.1) is 11.3 Å². The average molecular weight is 194 g/mol. The molecular formula is C9H10N2OS. The van der Waals surface area contributed by atoms with Gasteiger partial charge in [0, 0.05) is 12.4 Å². The summed E-state index contributed by atoms with van der Waals surface area (Å²) in [5.74, 6) is 0. The Balaban J connectivity index is 0.000000396. The Hall–Kier alpha value is -1.29. The molecule has 2 aromatic heterocycles. The van der Waals surface area contributed by atoms with E-state index in [0.29, 0.717) is 4.88 Å². The van der Waals surface area contributed by atoms with Crippen LogP contribution in [-0.2, 0) is 0 Å². The SMILES string of the molecule is CC.O=Cc1cc2nccnc2s1. The van der Waals surface area contributed by atoms with Crippen molar-refractivity contribution >= 4 is 28.0 Å². The third-order valence-electron chi connectivity index (χ3n) is 1.30. The molecule has 0 aromatic carbocycles. The highest BCUT2D eigenvalue weighted by Crippen LogP contribution is 2.19. The van der Waals surface area contributed by atoms with Crippen LogP contribution in [0, 0.1) is 0 Å². The summed E-state index contributed by atoms with van der Waals surface area (Å²) >= 11 is 1.36. The summed E-state index contributed by atoms with van der Waals surface area (Å²) in [7, 11) is 0. The lowest BCUT2D eigenvalue weighted by Crippen LogP contribution is -1.72. The summed E-state index contributed by atoms with van der Waals surface area (Å²) in [4.78, 5) is 19.9. The molecule has 68 valence electrons. The molecule has 3 nitrogen and oxygen atoms in total. The lowest BCUT2D eigenvalue weighted by atomic mass is 10.4. The molecule has 0 radical (unpaired) electrons. The Bertz CT molecular complexity index is 364. The average Bonchev–Trinajstić information content (AvgIpc) is 2.63. The molecule has 2 heterocycles. The number of hydrogen-bond donors (Lipinski definition) is 0. The van der Waals surface area contributed by atoms with Crippen molar-refractivity contribution in [1.29, 1.82) is 0 Å². The topological polar surface area (TPSA) is 42.9 Å². The number of carbonyl (C=O) groups is 1. The Morgan fingerprint density at radius 3 is 2.62 bits per heavy atom. The van der Waals surface area contributed by atoms with Crippen LogP contribution in [0.1, 0.15) is 23.5 Å². The molecule has 0 spiro atoms. The van der Waals surface area contributed by atoms with Gasteiger partial charge < -0.3 is 0 Å². The number of aldehydes is 1. The minimum atomic E-state index is 0.672. The molecule has 13 heavy (non-hydrogen) atoms. The lowest BCUT2D eigenvalue weighted by molar-refractivity contribution is 0.112. The summed E-state index contributed by atoms with van der Waals surface area (Å²) in [5.41, 5.74) is 0.791. The van der Waals surface area contributed by atoms with Crippen molar-refractivity contribution in [3.63, 3.8) is 0 Å². The van der Waals surface area contributed by atoms with Gasteiger partial charge in [-0.25, -0.2) is 4.98 Å². The van der Waals surface area contributed by atoms with Crippen LogP contribution in [0.2, 0.25) is 0 Å². The fourth-order valence-electron chi connectivity index (χ4n) is 0.848. The maximum absolute atomic E-state index is 10.3. The van der Waals surface area contributed by atoms with Crippen molar-refractivity contribution in [2.45, 2.75) is 13.8 Å². The van der Waals surface area contributed by atoms with E-state index in [1.807, 2.05) is 13.8 Å². The summed E-state index contributed by atoms with van der Waals surface area (Å²) in [6.07, 6.45) is 4.05. The minimum absolute atomic E-state index is 0.672. The summed E-state index contributed by atoms with van der Waals surface area (Å²) in [5, 5.41) is 0. The summed E-state index contributed by atoms with van der Waals surface area (Å²) < 4.78 is 0. The van der Waals surface area contributed by atoms with Gasteiger partial charge in [-0.05, 0) is 6.07 Å². The van der Waals surface area contributed by atoms with E-state index < -0.39 is 0 Å². The van der Waals surface area contributed by atoms with E-state index in [0.717, 1.165) is 16.6 Å². The van der Waals surface area contributed by atoms with Gasteiger partial charge in [-0.2, -0.15) is 0 Å². The molecule has 0 saturated heterocycles. The second kappa shape index (κ2) is 4.67. The van der Waals surface area contributed by atoms with Gasteiger partial charge in [-0.1, -0.05) is 13.8 Å². The zero-order valence-corrected chi connectivity index (χ0v) is 8.34. The Morgan fingerprint density at radius 1 is 1.31 bits per heavy atom. The van der Waals surface area contributed by atoms with E-state index in [2.05, 4.69) is 9.97 Å². The third-order valence-corrected chi connectivity index (χ3v) is 2.26. The fraction of sp³-hybridized carbons (Fsp3) is 0.222. The second-order valence-electron chi connectivity index (χ2n) is 2.01. The molecular weight excluding hydrogens is 184 g/mol. The number of thiophene rings is 1. The van der Waals surface area contributed by atoms with E-state index in [9.17, 15) is 4.79 Å². The van der Waals surface area contributed by atoms with Crippen molar-refractivity contribution in [2.24, 2.45) is 0 Å². The van der Waals surface area contributed by atoms with Gasteiger partial charge in [0.15, 0.2) is 6.29 Å². The molecule has 0 saturated carbocycles. The Morgan fingerprint density at radius 2 is 2.00 bits per heavy atom. The van der Waals surface area contributed by atoms with Crippen molar-refractivity contribution in [2.75, 3.05) is 0 Å². The second-order valence-corrected chi connectivity index (χ2v) is 3.08. The minimum Gasteiger partial charge on any atom is -0.297 e. The highest BCUT2D eigenvalue weighted by molar-refractivity contribution is 7.20. The molecule has 0 aliphatic heterocycles. The normalized spacial score (nSPS) is 9.08. The first-order valence-electron chi connectivity index (χ1n) is 4.06. The van der Waals surface area contributed by atoms with Crippen LogP contribution in [-0.4, -0.2) is 16.3 Å². The molecule has 0 bridgehead atoms. The maximum Gasteiger partial charge on any atom is 0.160 e. The largest absolute Gasteiger partial charge is 0.297 e. The predicted molar refractivity (Wildman–Crippen MR) is 54.2 cm³/mol. The number of rotatable bonds is 1. The van der Waals surface area contributed by atoms with Gasteiger partial charge in [0.25, 0.3) is 0 Å². The molecule has 0 atom stereocenters. The number of aromatic nitrogens is 2. The van der Waals surface area contributed by atoms with Gasteiger partial charge in [0.2, 0.25) is 0 Å². The van der Waals surface area contributed by atoms with Crippen LogP contribution in [0.3, 0.4) is 0 Å². The van der Waals surface area contributed by atoms with Crippen LogP contribution in [0.15, 0.2) is 18.5 Å². The van der Waals surface area contributed by atoms with E-state index in [1.54, 1.807) is 18.5 Å². The molecule has 0 unspecified atom stereocenters. The van der Waals surface area contributed by atoms with Crippen molar-refractivity contribution in [3.8, 4) is 0 Å². The molecule has 0 amide bonds. The molecule has 4 heteroatoms. The van der Waals surface area contributed by atoms with Crippen molar-refractivity contribution in [3.05, 3.63) is 23.3 Å². The number of nitrogens with zero attached hydrogens (tertiary/aromatic N) is 2. The number of carbonyl (C=O) groups excluding carboxylic acids is 1.